The summed E-state index contributed by atoms with van der Waals surface area (Å²) in [5.74, 6) is -0.859. The molecule has 0 N–H and O–H groups in total. The number of methoxy groups -OCH3 is 1. The van der Waals surface area contributed by atoms with Crippen LogP contribution < -0.4 is 5.43 Å². The molecular formula is C17H19NO5. The Hall–Kier alpha value is -2.63. The second-order valence-electron chi connectivity index (χ2n) is 5.39. The number of hydrogen-bond acceptors (Lipinski definition) is 5. The topological polar surface area (TPSA) is 76.8 Å². The summed E-state index contributed by atoms with van der Waals surface area (Å²) in [6.45, 7) is 3.85. The van der Waals surface area contributed by atoms with Gasteiger partial charge < -0.3 is 14.1 Å². The van der Waals surface area contributed by atoms with Crippen molar-refractivity contribution in [1.82, 2.24) is 4.90 Å². The number of rotatable bonds is 5. The van der Waals surface area contributed by atoms with Crippen molar-refractivity contribution in [3.63, 3.8) is 0 Å². The van der Waals surface area contributed by atoms with Crippen LogP contribution in [0.4, 0.5) is 0 Å². The quantitative estimate of drug-likeness (QED) is 0.790. The third-order valence-electron chi connectivity index (χ3n) is 3.51. The van der Waals surface area contributed by atoms with Crippen molar-refractivity contribution >= 4 is 22.8 Å². The number of amides is 1. The first kappa shape index (κ1) is 16.7. The Morgan fingerprint density at radius 3 is 2.61 bits per heavy atom. The average molecular weight is 317 g/mol. The van der Waals surface area contributed by atoms with Gasteiger partial charge in [0, 0.05) is 18.7 Å². The Kier molecular flexibility index (Phi) is 5.16. The molecule has 0 radical (unpaired) electrons. The predicted molar refractivity (Wildman–Crippen MR) is 85.3 cm³/mol. The second kappa shape index (κ2) is 7.09. The maximum absolute atomic E-state index is 12.6. The molecule has 1 aromatic heterocycles. The first-order valence-corrected chi connectivity index (χ1v) is 7.34. The molecule has 0 aliphatic rings. The van der Waals surface area contributed by atoms with Crippen LogP contribution in [0.15, 0.2) is 39.5 Å². The zero-order valence-corrected chi connectivity index (χ0v) is 13.4. The fraction of sp³-hybridized carbons (Fsp3) is 0.353. The summed E-state index contributed by atoms with van der Waals surface area (Å²) < 4.78 is 10.2. The summed E-state index contributed by atoms with van der Waals surface area (Å²) in [6.07, 6.45) is 0.0816. The van der Waals surface area contributed by atoms with Gasteiger partial charge in [-0.05, 0) is 26.0 Å². The van der Waals surface area contributed by atoms with Gasteiger partial charge in [-0.25, -0.2) is 0 Å². The minimum absolute atomic E-state index is 0.0349. The lowest BCUT2D eigenvalue weighted by molar-refractivity contribution is -0.140. The molecule has 2 aromatic rings. The molecule has 6 heteroatoms. The van der Waals surface area contributed by atoms with Crippen LogP contribution in [0.5, 0.6) is 0 Å². The van der Waals surface area contributed by atoms with Crippen molar-refractivity contribution in [2.45, 2.75) is 26.3 Å². The lowest BCUT2D eigenvalue weighted by atomic mass is 10.2. The highest BCUT2D eigenvalue weighted by molar-refractivity contribution is 5.93. The number of nitrogens with zero attached hydrogens (tertiary/aromatic N) is 1. The SMILES string of the molecule is COC(=O)CCN(C(=O)c1cc(=O)c2ccccc2o1)C(C)C. The Morgan fingerprint density at radius 2 is 1.96 bits per heavy atom. The zero-order chi connectivity index (χ0) is 17.0. The number of ether oxygens (including phenoxy) is 1. The van der Waals surface area contributed by atoms with E-state index in [1.54, 1.807) is 24.3 Å². The minimum atomic E-state index is -0.424. The van der Waals surface area contributed by atoms with E-state index in [-0.39, 0.29) is 30.2 Å². The van der Waals surface area contributed by atoms with Gasteiger partial charge >= 0.3 is 5.97 Å². The van der Waals surface area contributed by atoms with E-state index in [0.29, 0.717) is 11.0 Å². The summed E-state index contributed by atoms with van der Waals surface area (Å²) in [4.78, 5) is 37.5. The molecule has 2 rings (SSSR count). The molecule has 0 bridgehead atoms. The van der Waals surface area contributed by atoms with E-state index in [1.165, 1.54) is 18.1 Å². The van der Waals surface area contributed by atoms with E-state index in [2.05, 4.69) is 4.74 Å². The van der Waals surface area contributed by atoms with E-state index >= 15 is 0 Å². The maximum Gasteiger partial charge on any atom is 0.307 e. The molecular weight excluding hydrogens is 298 g/mol. The third-order valence-corrected chi connectivity index (χ3v) is 3.51. The van der Waals surface area contributed by atoms with Crippen LogP contribution in [0.1, 0.15) is 30.8 Å². The van der Waals surface area contributed by atoms with Crippen molar-refractivity contribution in [1.29, 1.82) is 0 Å². The molecule has 0 atom stereocenters. The van der Waals surface area contributed by atoms with Crippen LogP contribution in [0.2, 0.25) is 0 Å². The molecule has 0 saturated carbocycles. The number of fused-ring (bicyclic) bond motifs is 1. The van der Waals surface area contributed by atoms with Crippen molar-refractivity contribution in [2.75, 3.05) is 13.7 Å². The molecule has 1 aromatic carbocycles. The number of benzene rings is 1. The lowest BCUT2D eigenvalue weighted by Gasteiger charge is -2.25. The predicted octanol–water partition coefficient (Wildman–Crippen LogP) is 2.21. The molecule has 0 unspecified atom stereocenters. The van der Waals surface area contributed by atoms with E-state index in [4.69, 9.17) is 4.42 Å². The summed E-state index contributed by atoms with van der Waals surface area (Å²) >= 11 is 0. The van der Waals surface area contributed by atoms with Gasteiger partial charge in [-0.2, -0.15) is 0 Å². The number of carbonyl (C=O) groups excluding carboxylic acids is 2. The first-order chi connectivity index (χ1) is 10.9. The highest BCUT2D eigenvalue weighted by atomic mass is 16.5. The molecule has 23 heavy (non-hydrogen) atoms. The van der Waals surface area contributed by atoms with Gasteiger partial charge in [-0.15, -0.1) is 0 Å². The van der Waals surface area contributed by atoms with Crippen LogP contribution in [-0.2, 0) is 9.53 Å². The maximum atomic E-state index is 12.6. The average Bonchev–Trinajstić information content (AvgIpc) is 2.54. The van der Waals surface area contributed by atoms with Crippen LogP contribution in [0, 0.1) is 0 Å². The molecule has 0 aliphatic carbocycles. The molecule has 0 spiro atoms. The summed E-state index contributed by atoms with van der Waals surface area (Å²) in [7, 11) is 1.30. The highest BCUT2D eigenvalue weighted by Crippen LogP contribution is 2.15. The number of hydrogen-bond donors (Lipinski definition) is 0. The fourth-order valence-electron chi connectivity index (χ4n) is 2.26. The van der Waals surface area contributed by atoms with Gasteiger partial charge in [0.25, 0.3) is 5.91 Å². The summed E-state index contributed by atoms with van der Waals surface area (Å²) in [6, 6.07) is 7.80. The Labute approximate surface area is 133 Å². The summed E-state index contributed by atoms with van der Waals surface area (Å²) in [5, 5.41) is 0.426. The highest BCUT2D eigenvalue weighted by Gasteiger charge is 2.23. The Balaban J connectivity index is 2.32. The second-order valence-corrected chi connectivity index (χ2v) is 5.39. The Morgan fingerprint density at radius 1 is 1.26 bits per heavy atom. The number of carbonyl (C=O) groups is 2. The van der Waals surface area contributed by atoms with Crippen molar-refractivity contribution in [2.24, 2.45) is 0 Å². The molecule has 6 nitrogen and oxygen atoms in total. The van der Waals surface area contributed by atoms with E-state index < -0.39 is 11.9 Å². The van der Waals surface area contributed by atoms with Crippen LogP contribution >= 0.6 is 0 Å². The number of para-hydroxylation sites is 1. The van der Waals surface area contributed by atoms with Gasteiger partial charge in [0.15, 0.2) is 11.2 Å². The largest absolute Gasteiger partial charge is 0.469 e. The van der Waals surface area contributed by atoms with Crippen LogP contribution in [-0.4, -0.2) is 36.5 Å². The van der Waals surface area contributed by atoms with Crippen molar-refractivity contribution in [3.8, 4) is 0 Å². The van der Waals surface area contributed by atoms with Crippen LogP contribution in [0.3, 0.4) is 0 Å². The zero-order valence-electron chi connectivity index (χ0n) is 13.4. The monoisotopic (exact) mass is 317 g/mol. The fourth-order valence-corrected chi connectivity index (χ4v) is 2.26. The molecule has 1 heterocycles. The molecule has 122 valence electrons. The third kappa shape index (κ3) is 3.77. The summed E-state index contributed by atoms with van der Waals surface area (Å²) in [5.41, 5.74) is 0.0897. The van der Waals surface area contributed by atoms with E-state index in [0.717, 1.165) is 0 Å². The molecule has 0 fully saturated rings. The lowest BCUT2D eigenvalue weighted by Crippen LogP contribution is -2.38. The van der Waals surface area contributed by atoms with E-state index in [1.807, 2.05) is 13.8 Å². The van der Waals surface area contributed by atoms with Gasteiger partial charge in [-0.3, -0.25) is 14.4 Å². The number of esters is 1. The molecule has 0 saturated heterocycles. The smallest absolute Gasteiger partial charge is 0.307 e. The first-order valence-electron chi connectivity index (χ1n) is 7.34. The van der Waals surface area contributed by atoms with Crippen LogP contribution in [0.25, 0.3) is 11.0 Å². The standard InChI is InChI=1S/C17H19NO5/c1-11(2)18(9-8-16(20)22-3)17(21)15-10-13(19)12-6-4-5-7-14(12)23-15/h4-7,10-11H,8-9H2,1-3H3. The van der Waals surface area contributed by atoms with Crippen molar-refractivity contribution < 1.29 is 18.7 Å². The molecule has 0 aliphatic heterocycles. The minimum Gasteiger partial charge on any atom is -0.469 e. The van der Waals surface area contributed by atoms with Crippen molar-refractivity contribution in [3.05, 3.63) is 46.3 Å². The normalized spacial score (nSPS) is 10.8. The van der Waals surface area contributed by atoms with Gasteiger partial charge in [0.05, 0.1) is 18.9 Å². The molecule has 1 amide bonds. The Bertz CT molecular complexity index is 778. The van der Waals surface area contributed by atoms with Gasteiger partial charge in [-0.1, -0.05) is 12.1 Å². The van der Waals surface area contributed by atoms with E-state index in [9.17, 15) is 14.4 Å². The van der Waals surface area contributed by atoms with Gasteiger partial charge in [0.2, 0.25) is 0 Å². The van der Waals surface area contributed by atoms with Gasteiger partial charge in [0.1, 0.15) is 5.58 Å².